The largest absolute Gasteiger partial charge is 0.465 e. The summed E-state index contributed by atoms with van der Waals surface area (Å²) >= 11 is 1.93. The Balaban J connectivity index is 4.51. The number of rotatable bonds is 10. The predicted octanol–water partition coefficient (Wildman–Crippen LogP) is 3.48. The van der Waals surface area contributed by atoms with Crippen LogP contribution in [0.3, 0.4) is 0 Å². The molecule has 3 nitrogen and oxygen atoms in total. The van der Waals surface area contributed by atoms with E-state index in [0.29, 0.717) is 17.8 Å². The third-order valence-corrected chi connectivity index (χ3v) is 4.50. The first-order chi connectivity index (χ1) is 8.85. The minimum absolute atomic E-state index is 0.125. The molecule has 0 aliphatic heterocycles. The van der Waals surface area contributed by atoms with Crippen LogP contribution in [0, 0.1) is 5.92 Å². The molecule has 0 heterocycles. The molecule has 0 amide bonds. The summed E-state index contributed by atoms with van der Waals surface area (Å²) in [7, 11) is 0. The fourth-order valence-electron chi connectivity index (χ4n) is 1.91. The van der Waals surface area contributed by atoms with Crippen LogP contribution in [0.1, 0.15) is 54.4 Å². The Morgan fingerprint density at radius 2 is 1.95 bits per heavy atom. The Hall–Kier alpha value is -0.220. The molecule has 2 unspecified atom stereocenters. The molecule has 0 fully saturated rings. The molecule has 0 aliphatic carbocycles. The molecule has 2 atom stereocenters. The molecule has 0 saturated carbocycles. The Morgan fingerprint density at radius 1 is 1.32 bits per heavy atom. The first-order valence-electron chi connectivity index (χ1n) is 7.39. The third-order valence-electron chi connectivity index (χ3n) is 2.90. The zero-order chi connectivity index (χ0) is 14.9. The van der Waals surface area contributed by atoms with E-state index in [1.54, 1.807) is 0 Å². The van der Waals surface area contributed by atoms with Crippen molar-refractivity contribution >= 4 is 17.7 Å². The van der Waals surface area contributed by atoms with E-state index in [4.69, 9.17) is 4.74 Å². The van der Waals surface area contributed by atoms with Crippen LogP contribution in [-0.2, 0) is 9.53 Å². The van der Waals surface area contributed by atoms with E-state index in [2.05, 4.69) is 33.0 Å². The fraction of sp³-hybridized carbons (Fsp3) is 0.933. The molecule has 0 bridgehead atoms. The van der Waals surface area contributed by atoms with Crippen molar-refractivity contribution < 1.29 is 9.53 Å². The van der Waals surface area contributed by atoms with Gasteiger partial charge in [-0.1, -0.05) is 27.7 Å². The van der Waals surface area contributed by atoms with Crippen molar-refractivity contribution in [2.45, 2.75) is 65.2 Å². The van der Waals surface area contributed by atoms with Crippen molar-refractivity contribution in [2.75, 3.05) is 18.9 Å². The summed E-state index contributed by atoms with van der Waals surface area (Å²) < 4.78 is 5.22. The Morgan fingerprint density at radius 3 is 2.42 bits per heavy atom. The van der Waals surface area contributed by atoms with Gasteiger partial charge in [-0.15, -0.1) is 0 Å². The predicted molar refractivity (Wildman–Crippen MR) is 84.7 cm³/mol. The summed E-state index contributed by atoms with van der Waals surface area (Å²) in [5.41, 5.74) is -0.560. The first-order valence-corrected chi connectivity index (χ1v) is 8.44. The topological polar surface area (TPSA) is 38.3 Å². The number of hydrogen-bond acceptors (Lipinski definition) is 4. The minimum Gasteiger partial charge on any atom is -0.465 e. The first kappa shape index (κ1) is 18.8. The summed E-state index contributed by atoms with van der Waals surface area (Å²) in [5, 5.41) is 3.81. The van der Waals surface area contributed by atoms with E-state index < -0.39 is 5.54 Å². The number of nitrogens with one attached hydrogen (secondary N) is 1. The molecule has 0 radical (unpaired) electrons. The van der Waals surface area contributed by atoms with Gasteiger partial charge in [-0.25, -0.2) is 0 Å². The molecule has 0 aliphatic rings. The second kappa shape index (κ2) is 9.65. The molecule has 4 heteroatoms. The van der Waals surface area contributed by atoms with Crippen molar-refractivity contribution in [1.29, 1.82) is 0 Å². The van der Waals surface area contributed by atoms with Crippen molar-refractivity contribution in [3.05, 3.63) is 0 Å². The maximum Gasteiger partial charge on any atom is 0.326 e. The van der Waals surface area contributed by atoms with Crippen molar-refractivity contribution in [2.24, 2.45) is 5.92 Å². The highest BCUT2D eigenvalue weighted by atomic mass is 32.2. The van der Waals surface area contributed by atoms with Gasteiger partial charge in [0.05, 0.1) is 6.61 Å². The monoisotopic (exact) mass is 289 g/mol. The van der Waals surface area contributed by atoms with Crippen molar-refractivity contribution in [3.8, 4) is 0 Å². The van der Waals surface area contributed by atoms with Crippen LogP contribution in [0.15, 0.2) is 0 Å². The van der Waals surface area contributed by atoms with E-state index in [9.17, 15) is 4.79 Å². The molecule has 0 spiro atoms. The van der Waals surface area contributed by atoms with E-state index in [1.807, 2.05) is 25.6 Å². The maximum atomic E-state index is 12.2. The van der Waals surface area contributed by atoms with Crippen LogP contribution < -0.4 is 5.32 Å². The highest BCUT2D eigenvalue weighted by Crippen LogP contribution is 2.24. The fourth-order valence-corrected chi connectivity index (χ4v) is 3.07. The van der Waals surface area contributed by atoms with Crippen LogP contribution in [0.4, 0.5) is 0 Å². The number of hydrogen-bond donors (Lipinski definition) is 1. The van der Waals surface area contributed by atoms with Gasteiger partial charge in [0.15, 0.2) is 0 Å². The van der Waals surface area contributed by atoms with Crippen molar-refractivity contribution in [1.82, 2.24) is 5.32 Å². The van der Waals surface area contributed by atoms with Crippen LogP contribution in [0.5, 0.6) is 0 Å². The average molecular weight is 289 g/mol. The maximum absolute atomic E-state index is 12.2. The SMILES string of the molecule is CCCNC(C)(CC(C)SCC(C)C)C(=O)OCC. The number of carbonyl (C=O) groups is 1. The van der Waals surface area contributed by atoms with Crippen LogP contribution in [-0.4, -0.2) is 35.7 Å². The van der Waals surface area contributed by atoms with Gasteiger partial charge in [0, 0.05) is 5.25 Å². The minimum atomic E-state index is -0.560. The van der Waals surface area contributed by atoms with Gasteiger partial charge in [0.2, 0.25) is 0 Å². The van der Waals surface area contributed by atoms with Gasteiger partial charge >= 0.3 is 5.97 Å². The molecule has 0 aromatic rings. The molecular formula is C15H31NO2S. The molecular weight excluding hydrogens is 258 g/mol. The second-order valence-corrected chi connectivity index (χ2v) is 7.19. The van der Waals surface area contributed by atoms with Gasteiger partial charge in [-0.3, -0.25) is 4.79 Å². The molecule has 0 aromatic carbocycles. The summed E-state index contributed by atoms with van der Waals surface area (Å²) in [6.07, 6.45) is 1.83. The summed E-state index contributed by atoms with van der Waals surface area (Å²) in [5.74, 6) is 1.69. The molecule has 0 rings (SSSR count). The van der Waals surface area contributed by atoms with Gasteiger partial charge in [0.1, 0.15) is 5.54 Å². The lowest BCUT2D eigenvalue weighted by atomic mass is 9.96. The number of esters is 1. The normalized spacial score (nSPS) is 16.2. The summed E-state index contributed by atoms with van der Waals surface area (Å²) in [6, 6.07) is 0. The summed E-state index contributed by atoms with van der Waals surface area (Å²) in [6.45, 7) is 13.8. The van der Waals surface area contributed by atoms with E-state index in [0.717, 1.165) is 25.1 Å². The lowest BCUT2D eigenvalue weighted by Crippen LogP contribution is -2.52. The van der Waals surface area contributed by atoms with E-state index >= 15 is 0 Å². The zero-order valence-corrected chi connectivity index (χ0v) is 14.2. The Kier molecular flexibility index (Phi) is 9.54. The standard InChI is InChI=1S/C15H31NO2S/c1-7-9-16-15(6,14(17)18-8-2)10-13(5)19-11-12(3)4/h12-13,16H,7-11H2,1-6H3. The average Bonchev–Trinajstić information content (AvgIpc) is 2.34. The number of carbonyl (C=O) groups excluding carboxylic acids is 1. The third kappa shape index (κ3) is 7.83. The number of thioether (sulfide) groups is 1. The molecule has 1 N–H and O–H groups in total. The summed E-state index contributed by atoms with van der Waals surface area (Å²) in [4.78, 5) is 12.2. The van der Waals surface area contributed by atoms with Gasteiger partial charge in [-0.05, 0) is 44.9 Å². The van der Waals surface area contributed by atoms with Crippen LogP contribution >= 0.6 is 11.8 Å². The Labute approximate surface area is 123 Å². The molecule has 0 saturated heterocycles. The number of ether oxygens (including phenoxy) is 1. The van der Waals surface area contributed by atoms with Crippen LogP contribution in [0.25, 0.3) is 0 Å². The highest BCUT2D eigenvalue weighted by Gasteiger charge is 2.35. The van der Waals surface area contributed by atoms with Crippen LogP contribution in [0.2, 0.25) is 0 Å². The molecule has 0 aromatic heterocycles. The highest BCUT2D eigenvalue weighted by molar-refractivity contribution is 7.99. The smallest absolute Gasteiger partial charge is 0.326 e. The quantitative estimate of drug-likeness (QED) is 0.625. The van der Waals surface area contributed by atoms with Crippen molar-refractivity contribution in [3.63, 3.8) is 0 Å². The van der Waals surface area contributed by atoms with Gasteiger partial charge < -0.3 is 10.1 Å². The zero-order valence-electron chi connectivity index (χ0n) is 13.4. The Bertz CT molecular complexity index is 259. The van der Waals surface area contributed by atoms with Gasteiger partial charge in [0.25, 0.3) is 0 Å². The second-order valence-electron chi connectivity index (χ2n) is 5.72. The lowest BCUT2D eigenvalue weighted by molar-refractivity contribution is -0.150. The lowest BCUT2D eigenvalue weighted by Gasteiger charge is -2.31. The molecule has 114 valence electrons. The van der Waals surface area contributed by atoms with E-state index in [1.165, 1.54) is 0 Å². The van der Waals surface area contributed by atoms with Gasteiger partial charge in [-0.2, -0.15) is 11.8 Å². The molecule has 19 heavy (non-hydrogen) atoms. The van der Waals surface area contributed by atoms with E-state index in [-0.39, 0.29) is 5.97 Å².